The highest BCUT2D eigenvalue weighted by Gasteiger charge is 1.82. The van der Waals surface area contributed by atoms with E-state index in [1.165, 1.54) is 38.5 Å². The lowest BCUT2D eigenvalue weighted by Crippen LogP contribution is -1.72. The van der Waals surface area contributed by atoms with Crippen LogP contribution in [0.25, 0.3) is 0 Å². The summed E-state index contributed by atoms with van der Waals surface area (Å²) in [5.41, 5.74) is 0. The fourth-order valence-corrected chi connectivity index (χ4v) is 1.57. The molecule has 0 saturated heterocycles. The molecule has 0 spiro atoms. The molecule has 0 N–H and O–H groups in total. The normalized spacial score (nSPS) is 13.2. The van der Waals surface area contributed by atoms with E-state index in [9.17, 15) is 0 Å². The zero-order chi connectivity index (χ0) is 14.0. The first-order valence-corrected chi connectivity index (χ1v) is 7.71. The number of allylic oxidation sites excluding steroid dienone is 10. The molecule has 0 bridgehead atoms. The standard InChI is InChI=1S/C19H30/c1-3-5-7-9-11-13-15-17-19-18-16-14-12-10-8-6-4-2/h5,7-11,13,15,17,19H,3-4,6,12,14,16,18H2,1-2H3/b7-5+,10-8+,11-9+,15-13+,19-17+. The molecule has 0 amide bonds. The topological polar surface area (TPSA) is 0 Å². The Morgan fingerprint density at radius 3 is 1.68 bits per heavy atom. The molecular formula is C19H30. The first-order valence-electron chi connectivity index (χ1n) is 7.71. The van der Waals surface area contributed by atoms with Gasteiger partial charge < -0.3 is 0 Å². The van der Waals surface area contributed by atoms with Crippen molar-refractivity contribution in [3.8, 4) is 0 Å². The van der Waals surface area contributed by atoms with E-state index in [1.54, 1.807) is 0 Å². The molecular weight excluding hydrogens is 228 g/mol. The van der Waals surface area contributed by atoms with Crippen LogP contribution >= 0.6 is 0 Å². The van der Waals surface area contributed by atoms with Gasteiger partial charge in [-0.15, -0.1) is 0 Å². The Morgan fingerprint density at radius 2 is 1.05 bits per heavy atom. The van der Waals surface area contributed by atoms with Gasteiger partial charge in [-0.3, -0.25) is 0 Å². The molecule has 0 unspecified atom stereocenters. The van der Waals surface area contributed by atoms with Crippen molar-refractivity contribution in [3.63, 3.8) is 0 Å². The Bertz CT molecular complexity index is 300. The van der Waals surface area contributed by atoms with Gasteiger partial charge in [0.15, 0.2) is 0 Å². The van der Waals surface area contributed by atoms with Gasteiger partial charge in [0.2, 0.25) is 0 Å². The quantitative estimate of drug-likeness (QED) is 0.224. The van der Waals surface area contributed by atoms with Crippen molar-refractivity contribution >= 4 is 0 Å². The van der Waals surface area contributed by atoms with Crippen molar-refractivity contribution in [2.75, 3.05) is 0 Å². The van der Waals surface area contributed by atoms with Crippen LogP contribution in [0.2, 0.25) is 0 Å². The molecule has 0 aliphatic heterocycles. The number of hydrogen-bond donors (Lipinski definition) is 0. The smallest absolute Gasteiger partial charge is 0.0347 e. The number of unbranched alkanes of at least 4 members (excludes halogenated alkanes) is 4. The highest BCUT2D eigenvalue weighted by molar-refractivity contribution is 5.15. The third-order valence-corrected chi connectivity index (χ3v) is 2.68. The molecule has 0 heterocycles. The van der Waals surface area contributed by atoms with Gasteiger partial charge in [0.25, 0.3) is 0 Å². The molecule has 0 fully saturated rings. The third kappa shape index (κ3) is 16.7. The first-order chi connectivity index (χ1) is 9.41. The lowest BCUT2D eigenvalue weighted by Gasteiger charge is -1.92. The summed E-state index contributed by atoms with van der Waals surface area (Å²) in [7, 11) is 0. The molecule has 0 aromatic rings. The minimum atomic E-state index is 1.10. The molecule has 0 rings (SSSR count). The molecule has 0 radical (unpaired) electrons. The van der Waals surface area contributed by atoms with E-state index in [0.29, 0.717) is 0 Å². The van der Waals surface area contributed by atoms with Crippen LogP contribution in [0.4, 0.5) is 0 Å². The van der Waals surface area contributed by atoms with E-state index in [4.69, 9.17) is 0 Å². The second-order valence-corrected chi connectivity index (χ2v) is 4.58. The maximum Gasteiger partial charge on any atom is -0.0347 e. The molecule has 106 valence electrons. The molecule has 0 atom stereocenters. The number of hydrogen-bond acceptors (Lipinski definition) is 0. The monoisotopic (exact) mass is 258 g/mol. The SMILES string of the molecule is CC/C=C/C=C/C=C/C=C/CCCC/C=C/CCC. The largest absolute Gasteiger partial charge is 0.0885 e. The van der Waals surface area contributed by atoms with Crippen LogP contribution in [0.1, 0.15) is 58.8 Å². The highest BCUT2D eigenvalue weighted by atomic mass is 13.9. The Morgan fingerprint density at radius 1 is 0.526 bits per heavy atom. The summed E-state index contributed by atoms with van der Waals surface area (Å²) in [5, 5.41) is 0. The van der Waals surface area contributed by atoms with Crippen molar-refractivity contribution in [2.24, 2.45) is 0 Å². The Balaban J connectivity index is 3.41. The highest BCUT2D eigenvalue weighted by Crippen LogP contribution is 2.02. The predicted octanol–water partition coefficient (Wildman–Crippen LogP) is 6.54. The summed E-state index contributed by atoms with van der Waals surface area (Å²) in [6.45, 7) is 4.36. The van der Waals surface area contributed by atoms with E-state index in [0.717, 1.165) is 6.42 Å². The van der Waals surface area contributed by atoms with Crippen molar-refractivity contribution in [3.05, 3.63) is 60.8 Å². The molecule has 0 nitrogen and oxygen atoms in total. The van der Waals surface area contributed by atoms with E-state index in [2.05, 4.69) is 74.6 Å². The fraction of sp³-hybridized carbons (Fsp3) is 0.474. The molecule has 0 aliphatic rings. The first kappa shape index (κ1) is 17.7. The zero-order valence-electron chi connectivity index (χ0n) is 12.7. The maximum atomic E-state index is 2.32. The van der Waals surface area contributed by atoms with Crippen molar-refractivity contribution in [2.45, 2.75) is 58.8 Å². The number of rotatable bonds is 11. The van der Waals surface area contributed by atoms with Gasteiger partial charge in [-0.1, -0.05) is 81.0 Å². The minimum absolute atomic E-state index is 1.10. The molecule has 0 aromatic heterocycles. The Labute approximate surface area is 120 Å². The summed E-state index contributed by atoms with van der Waals surface area (Å²) in [6, 6.07) is 0. The zero-order valence-corrected chi connectivity index (χ0v) is 12.7. The average Bonchev–Trinajstić information content (AvgIpc) is 2.43. The fourth-order valence-electron chi connectivity index (χ4n) is 1.57. The summed E-state index contributed by atoms with van der Waals surface area (Å²) < 4.78 is 0. The second-order valence-electron chi connectivity index (χ2n) is 4.58. The predicted molar refractivity (Wildman–Crippen MR) is 89.4 cm³/mol. The van der Waals surface area contributed by atoms with E-state index >= 15 is 0 Å². The third-order valence-electron chi connectivity index (χ3n) is 2.68. The Hall–Kier alpha value is -1.30. The lowest BCUT2D eigenvalue weighted by molar-refractivity contribution is 0.759. The summed E-state index contributed by atoms with van der Waals surface area (Å²) in [6.07, 6.45) is 30.1. The van der Waals surface area contributed by atoms with Gasteiger partial charge in [-0.2, -0.15) is 0 Å². The van der Waals surface area contributed by atoms with Crippen LogP contribution in [0.15, 0.2) is 60.8 Å². The van der Waals surface area contributed by atoms with Gasteiger partial charge in [-0.05, 0) is 38.5 Å². The van der Waals surface area contributed by atoms with Crippen LogP contribution in [-0.4, -0.2) is 0 Å². The Kier molecular flexibility index (Phi) is 15.6. The minimum Gasteiger partial charge on any atom is -0.0885 e. The molecule has 0 aromatic carbocycles. The van der Waals surface area contributed by atoms with Crippen molar-refractivity contribution in [1.29, 1.82) is 0 Å². The van der Waals surface area contributed by atoms with Crippen LogP contribution in [0, 0.1) is 0 Å². The summed E-state index contributed by atoms with van der Waals surface area (Å²) >= 11 is 0. The summed E-state index contributed by atoms with van der Waals surface area (Å²) in [5.74, 6) is 0. The van der Waals surface area contributed by atoms with Crippen LogP contribution in [0.3, 0.4) is 0 Å². The van der Waals surface area contributed by atoms with Crippen LogP contribution in [0.5, 0.6) is 0 Å². The average molecular weight is 258 g/mol. The molecule has 19 heavy (non-hydrogen) atoms. The van der Waals surface area contributed by atoms with E-state index in [-0.39, 0.29) is 0 Å². The molecule has 0 saturated carbocycles. The van der Waals surface area contributed by atoms with Gasteiger partial charge in [0, 0.05) is 0 Å². The maximum absolute atomic E-state index is 2.32. The van der Waals surface area contributed by atoms with Gasteiger partial charge in [-0.25, -0.2) is 0 Å². The van der Waals surface area contributed by atoms with Gasteiger partial charge in [0.1, 0.15) is 0 Å². The lowest BCUT2D eigenvalue weighted by atomic mass is 10.1. The van der Waals surface area contributed by atoms with Crippen molar-refractivity contribution in [1.82, 2.24) is 0 Å². The molecule has 0 heteroatoms. The van der Waals surface area contributed by atoms with Crippen molar-refractivity contribution < 1.29 is 0 Å². The van der Waals surface area contributed by atoms with Gasteiger partial charge in [0.05, 0.1) is 0 Å². The van der Waals surface area contributed by atoms with Gasteiger partial charge >= 0.3 is 0 Å². The summed E-state index contributed by atoms with van der Waals surface area (Å²) in [4.78, 5) is 0. The van der Waals surface area contributed by atoms with Crippen LogP contribution in [-0.2, 0) is 0 Å². The van der Waals surface area contributed by atoms with E-state index < -0.39 is 0 Å². The van der Waals surface area contributed by atoms with E-state index in [1.807, 2.05) is 0 Å². The van der Waals surface area contributed by atoms with Crippen LogP contribution < -0.4 is 0 Å². The molecule has 0 aliphatic carbocycles. The second kappa shape index (κ2) is 16.7.